The third kappa shape index (κ3) is 4.78. The van der Waals surface area contributed by atoms with Crippen LogP contribution < -0.4 is 4.72 Å². The average Bonchev–Trinajstić information content (AvgIpc) is 3.19. The maximum atomic E-state index is 15.1. The van der Waals surface area contributed by atoms with Gasteiger partial charge in [0.05, 0.1) is 27.1 Å². The molecule has 4 aromatic rings. The first-order valence-corrected chi connectivity index (χ1v) is 13.0. The highest BCUT2D eigenvalue weighted by atomic mass is 35.5. The Morgan fingerprint density at radius 1 is 1.12 bits per heavy atom. The number of pyridine rings is 1. The van der Waals surface area contributed by atoms with E-state index in [1.165, 1.54) is 6.20 Å². The number of nitrogens with one attached hydrogen (secondary N) is 2. The molecule has 0 saturated heterocycles. The van der Waals surface area contributed by atoms with E-state index in [0.717, 1.165) is 17.7 Å². The second-order valence-corrected chi connectivity index (χ2v) is 10.9. The summed E-state index contributed by atoms with van der Waals surface area (Å²) in [6.45, 7) is 1.66. The molecule has 0 saturated carbocycles. The van der Waals surface area contributed by atoms with Crippen LogP contribution in [0.5, 0.6) is 0 Å². The first-order chi connectivity index (χ1) is 15.7. The molecule has 0 aliphatic rings. The molecular formula is C22H18ClF2N3O3S2. The number of fused-ring (bicyclic) bond motifs is 1. The van der Waals surface area contributed by atoms with Gasteiger partial charge in [0.15, 0.2) is 5.82 Å². The van der Waals surface area contributed by atoms with Gasteiger partial charge in [0.1, 0.15) is 16.4 Å². The Balaban J connectivity index is 1.78. The second-order valence-electron chi connectivity index (χ2n) is 7.21. The number of sulfonamides is 1. The van der Waals surface area contributed by atoms with Gasteiger partial charge in [-0.15, -0.1) is 0 Å². The standard InChI is InChI=1S/C22H18ClF2N3O3S2/c1-2-9-33(30,31)28-18-8-7-17(24)21(20(18)25)32(29)19-12-27-22-16(19)10-14(11-26-22)13-3-5-15(23)6-4-13/h3-8,10-12,28H,2,9H2,1H3,(H,26,27). The van der Waals surface area contributed by atoms with Crippen LogP contribution in [0.25, 0.3) is 22.2 Å². The van der Waals surface area contributed by atoms with Crippen molar-refractivity contribution >= 4 is 49.1 Å². The normalized spacial score (nSPS) is 12.7. The average molecular weight is 510 g/mol. The quantitative estimate of drug-likeness (QED) is 0.345. The third-order valence-electron chi connectivity index (χ3n) is 4.84. The molecule has 172 valence electrons. The molecule has 0 bridgehead atoms. The zero-order chi connectivity index (χ0) is 23.8. The van der Waals surface area contributed by atoms with Gasteiger partial charge in [-0.25, -0.2) is 26.4 Å². The summed E-state index contributed by atoms with van der Waals surface area (Å²) >= 11 is 5.94. The maximum Gasteiger partial charge on any atom is 0.232 e. The molecule has 2 heterocycles. The van der Waals surface area contributed by atoms with Crippen molar-refractivity contribution in [2.45, 2.75) is 23.1 Å². The van der Waals surface area contributed by atoms with E-state index in [1.807, 2.05) is 0 Å². The second kappa shape index (κ2) is 9.20. The van der Waals surface area contributed by atoms with E-state index < -0.39 is 43.0 Å². The third-order valence-corrected chi connectivity index (χ3v) is 8.05. The van der Waals surface area contributed by atoms with E-state index in [0.29, 0.717) is 28.0 Å². The Morgan fingerprint density at radius 2 is 1.85 bits per heavy atom. The highest BCUT2D eigenvalue weighted by molar-refractivity contribution is 7.92. The van der Waals surface area contributed by atoms with Gasteiger partial charge in [-0.1, -0.05) is 30.7 Å². The Bertz CT molecular complexity index is 1470. The molecule has 0 spiro atoms. The van der Waals surface area contributed by atoms with Gasteiger partial charge in [0.25, 0.3) is 0 Å². The Hall–Kier alpha value is -2.82. The number of hydrogen-bond acceptors (Lipinski definition) is 4. The molecule has 2 aromatic carbocycles. The predicted octanol–water partition coefficient (Wildman–Crippen LogP) is 5.48. The summed E-state index contributed by atoms with van der Waals surface area (Å²) in [7, 11) is -6.13. The van der Waals surface area contributed by atoms with Crippen molar-refractivity contribution in [2.24, 2.45) is 0 Å². The van der Waals surface area contributed by atoms with E-state index in [2.05, 4.69) is 14.7 Å². The van der Waals surface area contributed by atoms with Gasteiger partial charge in [-0.2, -0.15) is 0 Å². The molecule has 1 unspecified atom stereocenters. The fraction of sp³-hybridized carbons (Fsp3) is 0.136. The number of H-pyrrole nitrogens is 1. The summed E-state index contributed by atoms with van der Waals surface area (Å²) in [6, 6.07) is 10.6. The monoisotopic (exact) mass is 509 g/mol. The van der Waals surface area contributed by atoms with Crippen LogP contribution >= 0.6 is 11.6 Å². The molecule has 2 N–H and O–H groups in total. The lowest BCUT2D eigenvalue weighted by Crippen LogP contribution is -2.18. The molecule has 2 aromatic heterocycles. The van der Waals surface area contributed by atoms with Gasteiger partial charge in [0, 0.05) is 28.4 Å². The fourth-order valence-corrected chi connectivity index (χ4v) is 5.83. The molecule has 11 heteroatoms. The van der Waals surface area contributed by atoms with Crippen molar-refractivity contribution in [1.82, 2.24) is 9.97 Å². The van der Waals surface area contributed by atoms with E-state index in [1.54, 1.807) is 43.5 Å². The van der Waals surface area contributed by atoms with Gasteiger partial charge in [-0.05, 0) is 42.3 Å². The lowest BCUT2D eigenvalue weighted by molar-refractivity contribution is 0.536. The van der Waals surface area contributed by atoms with Crippen molar-refractivity contribution in [2.75, 3.05) is 10.5 Å². The Kier molecular flexibility index (Phi) is 6.51. The van der Waals surface area contributed by atoms with Crippen molar-refractivity contribution in [1.29, 1.82) is 0 Å². The highest BCUT2D eigenvalue weighted by Crippen LogP contribution is 2.33. The van der Waals surface area contributed by atoms with Crippen molar-refractivity contribution in [3.63, 3.8) is 0 Å². The molecule has 4 rings (SSSR count). The first-order valence-electron chi connectivity index (χ1n) is 9.83. The zero-order valence-corrected chi connectivity index (χ0v) is 19.6. The fourth-order valence-electron chi connectivity index (χ4n) is 3.31. The van der Waals surface area contributed by atoms with Gasteiger partial charge < -0.3 is 4.98 Å². The smallest absolute Gasteiger partial charge is 0.232 e. The van der Waals surface area contributed by atoms with Crippen molar-refractivity contribution in [3.05, 3.63) is 71.5 Å². The number of aromatic amines is 1. The number of benzene rings is 2. The van der Waals surface area contributed by atoms with Gasteiger partial charge in [-0.3, -0.25) is 4.72 Å². The highest BCUT2D eigenvalue weighted by Gasteiger charge is 2.25. The molecular weight excluding hydrogens is 492 g/mol. The van der Waals surface area contributed by atoms with Crippen LogP contribution in [0.1, 0.15) is 13.3 Å². The van der Waals surface area contributed by atoms with E-state index in [9.17, 15) is 17.0 Å². The number of nitrogens with zero attached hydrogens (tertiary/aromatic N) is 1. The maximum absolute atomic E-state index is 15.1. The number of rotatable bonds is 7. The summed E-state index contributed by atoms with van der Waals surface area (Å²) in [5.74, 6) is -2.52. The predicted molar refractivity (Wildman–Crippen MR) is 125 cm³/mol. The minimum atomic E-state index is -3.83. The van der Waals surface area contributed by atoms with Crippen LogP contribution in [0.2, 0.25) is 5.02 Å². The summed E-state index contributed by atoms with van der Waals surface area (Å²) in [5.41, 5.74) is 1.42. The van der Waals surface area contributed by atoms with E-state index in [-0.39, 0.29) is 10.6 Å². The van der Waals surface area contributed by atoms with Crippen LogP contribution in [0.4, 0.5) is 14.5 Å². The molecule has 33 heavy (non-hydrogen) atoms. The molecule has 0 aliphatic heterocycles. The van der Waals surface area contributed by atoms with Crippen LogP contribution in [-0.4, -0.2) is 28.3 Å². The topological polar surface area (TPSA) is 91.9 Å². The lowest BCUT2D eigenvalue weighted by Gasteiger charge is -2.11. The molecule has 6 nitrogen and oxygen atoms in total. The Morgan fingerprint density at radius 3 is 2.55 bits per heavy atom. The summed E-state index contributed by atoms with van der Waals surface area (Å²) in [5, 5.41) is 0.980. The van der Waals surface area contributed by atoms with Crippen LogP contribution in [-0.2, 0) is 20.8 Å². The molecule has 0 fully saturated rings. The zero-order valence-electron chi connectivity index (χ0n) is 17.2. The molecule has 0 aliphatic carbocycles. The van der Waals surface area contributed by atoms with Crippen molar-refractivity contribution < 1.29 is 21.4 Å². The summed E-state index contributed by atoms with van der Waals surface area (Å²) < 4.78 is 69.2. The Labute approximate surface area is 196 Å². The minimum Gasteiger partial charge on any atom is -0.345 e. The number of aromatic nitrogens is 2. The SMILES string of the molecule is CCCS(=O)(=O)Nc1ccc(F)c(S(=O)c2c[nH]c3ncc(-c4ccc(Cl)cc4)cc23)c1F. The van der Waals surface area contributed by atoms with E-state index >= 15 is 4.39 Å². The lowest BCUT2D eigenvalue weighted by atomic mass is 10.1. The number of anilines is 1. The van der Waals surface area contributed by atoms with Crippen LogP contribution in [0, 0.1) is 11.6 Å². The summed E-state index contributed by atoms with van der Waals surface area (Å²) in [4.78, 5) is 6.52. The molecule has 0 amide bonds. The van der Waals surface area contributed by atoms with Crippen LogP contribution in [0.3, 0.4) is 0 Å². The molecule has 0 radical (unpaired) electrons. The largest absolute Gasteiger partial charge is 0.345 e. The van der Waals surface area contributed by atoms with E-state index in [4.69, 9.17) is 11.6 Å². The van der Waals surface area contributed by atoms with Crippen LogP contribution in [0.15, 0.2) is 64.6 Å². The summed E-state index contributed by atoms with van der Waals surface area (Å²) in [6.07, 6.45) is 3.29. The van der Waals surface area contributed by atoms with Gasteiger partial charge in [0.2, 0.25) is 10.0 Å². The van der Waals surface area contributed by atoms with Gasteiger partial charge >= 0.3 is 0 Å². The molecule has 1 atom stereocenters. The minimum absolute atomic E-state index is 0.111. The van der Waals surface area contributed by atoms with Crippen molar-refractivity contribution in [3.8, 4) is 11.1 Å². The number of halogens is 3. The first kappa shape index (κ1) is 23.3. The number of hydrogen-bond donors (Lipinski definition) is 2.